The van der Waals surface area contributed by atoms with Crippen LogP contribution in [0.25, 0.3) is 0 Å². The SMILES string of the molecule is CCC(c1cccc(F)c1)N1CCCC(CCC(=O)O)C1. The van der Waals surface area contributed by atoms with Gasteiger partial charge in [0.2, 0.25) is 0 Å². The van der Waals surface area contributed by atoms with E-state index in [1.807, 2.05) is 6.07 Å². The largest absolute Gasteiger partial charge is 0.481 e. The number of hydrogen-bond donors (Lipinski definition) is 1. The lowest BCUT2D eigenvalue weighted by molar-refractivity contribution is -0.137. The number of carbonyl (C=O) groups is 1. The second-order valence-electron chi connectivity index (χ2n) is 5.91. The zero-order valence-corrected chi connectivity index (χ0v) is 12.6. The molecule has 0 amide bonds. The zero-order chi connectivity index (χ0) is 15.2. The fraction of sp³-hybridized carbons (Fsp3) is 0.588. The van der Waals surface area contributed by atoms with Crippen LogP contribution < -0.4 is 0 Å². The number of halogens is 1. The first-order valence-electron chi connectivity index (χ1n) is 7.81. The second kappa shape index (κ2) is 7.55. The van der Waals surface area contributed by atoms with Gasteiger partial charge in [-0.3, -0.25) is 9.69 Å². The van der Waals surface area contributed by atoms with Crippen LogP contribution in [0.5, 0.6) is 0 Å². The molecule has 1 fully saturated rings. The van der Waals surface area contributed by atoms with E-state index in [4.69, 9.17) is 5.11 Å². The van der Waals surface area contributed by atoms with Crippen molar-refractivity contribution in [3.05, 3.63) is 35.6 Å². The molecule has 0 radical (unpaired) electrons. The summed E-state index contributed by atoms with van der Waals surface area (Å²) in [6.07, 6.45) is 4.12. The van der Waals surface area contributed by atoms with E-state index in [-0.39, 0.29) is 18.3 Å². The molecule has 2 rings (SSSR count). The van der Waals surface area contributed by atoms with Gasteiger partial charge in [0, 0.05) is 19.0 Å². The highest BCUT2D eigenvalue weighted by Gasteiger charge is 2.26. The van der Waals surface area contributed by atoms with E-state index in [1.165, 1.54) is 6.07 Å². The van der Waals surface area contributed by atoms with Crippen LogP contribution in [0, 0.1) is 11.7 Å². The summed E-state index contributed by atoms with van der Waals surface area (Å²) >= 11 is 0. The van der Waals surface area contributed by atoms with Crippen LogP contribution in [0.1, 0.15) is 50.6 Å². The zero-order valence-electron chi connectivity index (χ0n) is 12.6. The van der Waals surface area contributed by atoms with E-state index >= 15 is 0 Å². The Balaban J connectivity index is 2.02. The maximum Gasteiger partial charge on any atom is 0.303 e. The number of aliphatic carboxylic acids is 1. The highest BCUT2D eigenvalue weighted by molar-refractivity contribution is 5.66. The van der Waals surface area contributed by atoms with Crippen molar-refractivity contribution in [2.75, 3.05) is 13.1 Å². The van der Waals surface area contributed by atoms with E-state index in [9.17, 15) is 9.18 Å². The maximum atomic E-state index is 13.4. The number of rotatable bonds is 6. The summed E-state index contributed by atoms with van der Waals surface area (Å²) < 4.78 is 13.4. The summed E-state index contributed by atoms with van der Waals surface area (Å²) in [6, 6.07) is 7.07. The van der Waals surface area contributed by atoms with E-state index in [0.717, 1.165) is 44.3 Å². The van der Waals surface area contributed by atoms with Crippen molar-refractivity contribution in [3.63, 3.8) is 0 Å². The maximum absolute atomic E-state index is 13.4. The average Bonchev–Trinajstić information content (AvgIpc) is 2.46. The first-order chi connectivity index (χ1) is 10.1. The average molecular weight is 293 g/mol. The van der Waals surface area contributed by atoms with Crippen molar-refractivity contribution >= 4 is 5.97 Å². The molecule has 0 bridgehead atoms. The number of hydrogen-bond acceptors (Lipinski definition) is 2. The molecule has 0 saturated carbocycles. The smallest absolute Gasteiger partial charge is 0.303 e. The topological polar surface area (TPSA) is 40.5 Å². The molecule has 2 atom stereocenters. The third-order valence-electron chi connectivity index (χ3n) is 4.38. The van der Waals surface area contributed by atoms with Gasteiger partial charge in [0.05, 0.1) is 0 Å². The van der Waals surface area contributed by atoms with Crippen LogP contribution in [0.4, 0.5) is 4.39 Å². The van der Waals surface area contributed by atoms with Gasteiger partial charge >= 0.3 is 5.97 Å². The number of piperidine rings is 1. The van der Waals surface area contributed by atoms with Gasteiger partial charge in [-0.1, -0.05) is 19.1 Å². The third-order valence-corrected chi connectivity index (χ3v) is 4.38. The second-order valence-corrected chi connectivity index (χ2v) is 5.91. The van der Waals surface area contributed by atoms with Gasteiger partial charge in [0.25, 0.3) is 0 Å². The van der Waals surface area contributed by atoms with Crippen LogP contribution in [-0.2, 0) is 4.79 Å². The minimum atomic E-state index is -0.718. The predicted molar refractivity (Wildman–Crippen MR) is 80.6 cm³/mol. The fourth-order valence-electron chi connectivity index (χ4n) is 3.36. The van der Waals surface area contributed by atoms with Gasteiger partial charge in [-0.2, -0.15) is 0 Å². The van der Waals surface area contributed by atoms with Crippen molar-refractivity contribution in [1.82, 2.24) is 4.90 Å². The van der Waals surface area contributed by atoms with E-state index in [1.54, 1.807) is 12.1 Å². The fourth-order valence-corrected chi connectivity index (χ4v) is 3.36. The summed E-state index contributed by atoms with van der Waals surface area (Å²) in [4.78, 5) is 13.1. The molecule has 21 heavy (non-hydrogen) atoms. The number of likely N-dealkylation sites (tertiary alicyclic amines) is 1. The van der Waals surface area contributed by atoms with E-state index in [0.29, 0.717) is 5.92 Å². The van der Waals surface area contributed by atoms with Crippen LogP contribution >= 0.6 is 0 Å². The van der Waals surface area contributed by atoms with Crippen molar-refractivity contribution in [1.29, 1.82) is 0 Å². The monoisotopic (exact) mass is 293 g/mol. The Morgan fingerprint density at radius 1 is 1.52 bits per heavy atom. The van der Waals surface area contributed by atoms with Gasteiger partial charge < -0.3 is 5.11 Å². The molecular weight excluding hydrogens is 269 g/mol. The molecule has 2 unspecified atom stereocenters. The summed E-state index contributed by atoms with van der Waals surface area (Å²) in [6.45, 7) is 4.05. The highest BCUT2D eigenvalue weighted by atomic mass is 19.1. The molecule has 0 aromatic heterocycles. The minimum Gasteiger partial charge on any atom is -0.481 e. The normalized spacial score (nSPS) is 21.1. The highest BCUT2D eigenvalue weighted by Crippen LogP contribution is 2.31. The Morgan fingerprint density at radius 3 is 3.00 bits per heavy atom. The molecule has 1 saturated heterocycles. The molecular formula is C17H24FNO2. The summed E-state index contributed by atoms with van der Waals surface area (Å²) in [5.41, 5.74) is 1.02. The molecule has 0 spiro atoms. The first-order valence-corrected chi connectivity index (χ1v) is 7.81. The van der Waals surface area contributed by atoms with Gasteiger partial charge in [0.1, 0.15) is 5.82 Å². The number of carboxylic acid groups (broad SMARTS) is 1. The van der Waals surface area contributed by atoms with Crippen LogP contribution in [0.3, 0.4) is 0 Å². The Hall–Kier alpha value is -1.42. The molecule has 116 valence electrons. The Morgan fingerprint density at radius 2 is 2.33 bits per heavy atom. The first kappa shape index (κ1) is 16.0. The van der Waals surface area contributed by atoms with Crippen molar-refractivity contribution in [2.45, 2.75) is 45.1 Å². The van der Waals surface area contributed by atoms with Crippen LogP contribution in [0.15, 0.2) is 24.3 Å². The molecule has 1 N–H and O–H groups in total. The molecule has 0 aliphatic carbocycles. The molecule has 1 aliphatic heterocycles. The van der Waals surface area contributed by atoms with Crippen molar-refractivity contribution in [3.8, 4) is 0 Å². The summed E-state index contributed by atoms with van der Waals surface area (Å²) in [5.74, 6) is -0.466. The quantitative estimate of drug-likeness (QED) is 0.866. The predicted octanol–water partition coefficient (Wildman–Crippen LogP) is 3.85. The lowest BCUT2D eigenvalue weighted by atomic mass is 9.90. The lowest BCUT2D eigenvalue weighted by Gasteiger charge is -2.38. The molecule has 4 heteroatoms. The van der Waals surface area contributed by atoms with E-state index < -0.39 is 5.97 Å². The van der Waals surface area contributed by atoms with Crippen molar-refractivity contribution < 1.29 is 14.3 Å². The lowest BCUT2D eigenvalue weighted by Crippen LogP contribution is -2.38. The minimum absolute atomic E-state index is 0.189. The van der Waals surface area contributed by atoms with Crippen molar-refractivity contribution in [2.24, 2.45) is 5.92 Å². The van der Waals surface area contributed by atoms with Gasteiger partial charge in [-0.25, -0.2) is 4.39 Å². The molecule has 1 heterocycles. The number of benzene rings is 1. The standard InChI is InChI=1S/C17H24FNO2/c1-2-16(14-6-3-7-15(18)11-14)19-10-4-5-13(12-19)8-9-17(20)21/h3,6-7,11,13,16H,2,4-5,8-10,12H2,1H3,(H,20,21). The summed E-state index contributed by atoms with van der Waals surface area (Å²) in [5, 5.41) is 8.82. The molecule has 1 aromatic rings. The Bertz CT molecular complexity index is 478. The number of carboxylic acids is 1. The Labute approximate surface area is 125 Å². The Kier molecular flexibility index (Phi) is 5.74. The number of nitrogens with zero attached hydrogens (tertiary/aromatic N) is 1. The van der Waals surface area contributed by atoms with Gasteiger partial charge in [-0.05, 0) is 55.8 Å². The van der Waals surface area contributed by atoms with E-state index in [2.05, 4.69) is 11.8 Å². The van der Waals surface area contributed by atoms with Gasteiger partial charge in [0.15, 0.2) is 0 Å². The third kappa shape index (κ3) is 4.53. The van der Waals surface area contributed by atoms with Crippen LogP contribution in [0.2, 0.25) is 0 Å². The molecule has 1 aromatic carbocycles. The molecule has 1 aliphatic rings. The van der Waals surface area contributed by atoms with Crippen LogP contribution in [-0.4, -0.2) is 29.1 Å². The summed E-state index contributed by atoms with van der Waals surface area (Å²) in [7, 11) is 0. The molecule has 3 nitrogen and oxygen atoms in total. The van der Waals surface area contributed by atoms with Gasteiger partial charge in [-0.15, -0.1) is 0 Å².